The molecule has 132 valence electrons. The first kappa shape index (κ1) is 17.9. The van der Waals surface area contributed by atoms with E-state index in [0.717, 1.165) is 26.1 Å². The minimum absolute atomic E-state index is 0.0325. The monoisotopic (exact) mass is 350 g/mol. The van der Waals surface area contributed by atoms with Crippen LogP contribution < -0.4 is 0 Å². The highest BCUT2D eigenvalue weighted by Gasteiger charge is 2.32. The highest BCUT2D eigenvalue weighted by atomic mass is 35.5. The summed E-state index contributed by atoms with van der Waals surface area (Å²) in [7, 11) is 1.72. The van der Waals surface area contributed by atoms with Crippen LogP contribution in [0.2, 0.25) is 0 Å². The van der Waals surface area contributed by atoms with Crippen LogP contribution >= 0.6 is 11.6 Å². The third-order valence-electron chi connectivity index (χ3n) is 5.23. The normalized spacial score (nSPS) is 31.4. The molecule has 1 saturated heterocycles. The number of allylic oxidation sites excluding steroid dienone is 1. The Morgan fingerprint density at radius 2 is 1.75 bits per heavy atom. The number of halogens is 1. The van der Waals surface area contributed by atoms with Crippen molar-refractivity contribution in [1.29, 1.82) is 0 Å². The van der Waals surface area contributed by atoms with Crippen molar-refractivity contribution in [3.63, 3.8) is 0 Å². The van der Waals surface area contributed by atoms with E-state index in [4.69, 9.17) is 25.8 Å². The molecular weight excluding hydrogens is 324 g/mol. The molecule has 0 unspecified atom stereocenters. The van der Waals surface area contributed by atoms with E-state index >= 15 is 0 Å². The van der Waals surface area contributed by atoms with Gasteiger partial charge >= 0.3 is 0 Å². The lowest BCUT2D eigenvalue weighted by atomic mass is 9.81. The van der Waals surface area contributed by atoms with Gasteiger partial charge in [-0.25, -0.2) is 0 Å². The van der Waals surface area contributed by atoms with Crippen LogP contribution in [-0.4, -0.2) is 26.6 Å². The van der Waals surface area contributed by atoms with Crippen molar-refractivity contribution in [2.75, 3.05) is 20.3 Å². The summed E-state index contributed by atoms with van der Waals surface area (Å²) >= 11 is 5.68. The summed E-state index contributed by atoms with van der Waals surface area (Å²) in [6, 6.07) is 8.57. The molecule has 1 heterocycles. The summed E-state index contributed by atoms with van der Waals surface area (Å²) in [6.45, 7) is 2.15. The van der Waals surface area contributed by atoms with Crippen LogP contribution in [0.1, 0.15) is 42.7 Å². The lowest BCUT2D eigenvalue weighted by Crippen LogP contribution is -2.37. The Morgan fingerprint density at radius 1 is 1.08 bits per heavy atom. The number of hydrogen-bond acceptors (Lipinski definition) is 3. The Morgan fingerprint density at radius 3 is 2.33 bits per heavy atom. The van der Waals surface area contributed by atoms with Gasteiger partial charge < -0.3 is 14.2 Å². The van der Waals surface area contributed by atoms with Gasteiger partial charge in [0.05, 0.1) is 19.8 Å². The van der Waals surface area contributed by atoms with Crippen LogP contribution in [0.15, 0.2) is 35.9 Å². The molecule has 1 saturated carbocycles. The Kier molecular flexibility index (Phi) is 6.73. The zero-order valence-electron chi connectivity index (χ0n) is 14.3. The first-order valence-electron chi connectivity index (χ1n) is 8.88. The zero-order valence-corrected chi connectivity index (χ0v) is 15.1. The number of ether oxygens (including phenoxy) is 3. The maximum Gasteiger partial charge on any atom is 0.160 e. The van der Waals surface area contributed by atoms with Gasteiger partial charge in [-0.3, -0.25) is 0 Å². The molecule has 1 aliphatic carbocycles. The molecule has 1 aliphatic heterocycles. The smallest absolute Gasteiger partial charge is 0.160 e. The van der Waals surface area contributed by atoms with Gasteiger partial charge in [0.2, 0.25) is 0 Å². The van der Waals surface area contributed by atoms with E-state index in [1.807, 2.05) is 0 Å². The van der Waals surface area contributed by atoms with Crippen molar-refractivity contribution < 1.29 is 14.2 Å². The zero-order chi connectivity index (χ0) is 16.8. The molecule has 4 heteroatoms. The minimum Gasteiger partial charge on any atom is -0.380 e. The molecule has 0 atom stereocenters. The number of methoxy groups -OCH3 is 1. The van der Waals surface area contributed by atoms with Crippen LogP contribution in [0.3, 0.4) is 0 Å². The molecule has 0 radical (unpaired) electrons. The third-order valence-corrected chi connectivity index (χ3v) is 5.38. The molecule has 0 bridgehead atoms. The summed E-state index contributed by atoms with van der Waals surface area (Å²) in [5.74, 6) is 1.48. The molecule has 0 spiro atoms. The molecule has 0 aromatic heterocycles. The van der Waals surface area contributed by atoms with Crippen LogP contribution in [0.25, 0.3) is 0 Å². The topological polar surface area (TPSA) is 27.7 Å². The van der Waals surface area contributed by atoms with Gasteiger partial charge in [-0.05, 0) is 42.7 Å². The van der Waals surface area contributed by atoms with Crippen LogP contribution in [-0.2, 0) is 20.8 Å². The molecule has 2 fully saturated rings. The van der Waals surface area contributed by atoms with Crippen molar-refractivity contribution in [3.05, 3.63) is 47.0 Å². The standard InChI is InChI=1S/C20H27ClO3/c1-22-12-16-4-6-17(7-5-16)19-13-23-20(24-14-19)18-8-2-15(3-9-18)10-11-21/h4-7,10-11,15,18-20H,2-3,8-9,12-14H2,1H3/b11-10+. The average molecular weight is 351 g/mol. The fraction of sp³-hybridized carbons (Fsp3) is 0.600. The van der Waals surface area contributed by atoms with E-state index in [2.05, 4.69) is 30.3 Å². The molecule has 3 rings (SSSR count). The van der Waals surface area contributed by atoms with Crippen LogP contribution in [0.5, 0.6) is 0 Å². The second-order valence-corrected chi connectivity index (χ2v) is 7.15. The van der Waals surface area contributed by atoms with E-state index in [1.54, 1.807) is 12.6 Å². The molecule has 2 aliphatic rings. The lowest BCUT2D eigenvalue weighted by Gasteiger charge is -2.37. The fourth-order valence-electron chi connectivity index (χ4n) is 3.75. The predicted molar refractivity (Wildman–Crippen MR) is 96.0 cm³/mol. The number of rotatable bonds is 5. The van der Waals surface area contributed by atoms with Crippen molar-refractivity contribution in [2.45, 2.75) is 44.5 Å². The number of hydrogen-bond donors (Lipinski definition) is 0. The minimum atomic E-state index is -0.0325. The highest BCUT2D eigenvalue weighted by molar-refractivity contribution is 6.25. The molecule has 0 amide bonds. The Hall–Kier alpha value is -0.870. The van der Waals surface area contributed by atoms with Gasteiger partial charge in [-0.15, -0.1) is 0 Å². The molecule has 24 heavy (non-hydrogen) atoms. The molecule has 3 nitrogen and oxygen atoms in total. The summed E-state index contributed by atoms with van der Waals surface area (Å²) < 4.78 is 17.3. The van der Waals surface area contributed by atoms with Crippen molar-refractivity contribution in [2.24, 2.45) is 11.8 Å². The lowest BCUT2D eigenvalue weighted by molar-refractivity contribution is -0.217. The molecular formula is C20H27ClO3. The quantitative estimate of drug-likeness (QED) is 0.759. The van der Waals surface area contributed by atoms with E-state index in [9.17, 15) is 0 Å². The Labute approximate surface area is 149 Å². The largest absolute Gasteiger partial charge is 0.380 e. The Bertz CT molecular complexity index is 512. The second-order valence-electron chi connectivity index (χ2n) is 6.90. The van der Waals surface area contributed by atoms with Crippen molar-refractivity contribution in [3.8, 4) is 0 Å². The van der Waals surface area contributed by atoms with E-state index in [-0.39, 0.29) is 6.29 Å². The summed E-state index contributed by atoms with van der Waals surface area (Å²) in [5.41, 5.74) is 4.13. The Balaban J connectivity index is 1.47. The van der Waals surface area contributed by atoms with Crippen LogP contribution in [0.4, 0.5) is 0 Å². The molecule has 0 N–H and O–H groups in total. The third kappa shape index (κ3) is 4.60. The first-order chi connectivity index (χ1) is 11.8. The van der Waals surface area contributed by atoms with Crippen molar-refractivity contribution >= 4 is 11.6 Å². The van der Waals surface area contributed by atoms with Gasteiger partial charge in [-0.1, -0.05) is 41.9 Å². The van der Waals surface area contributed by atoms with Crippen LogP contribution in [0, 0.1) is 11.8 Å². The maximum atomic E-state index is 6.07. The summed E-state index contributed by atoms with van der Waals surface area (Å²) in [4.78, 5) is 0. The predicted octanol–water partition coefficient (Wildman–Crippen LogP) is 4.85. The maximum absolute atomic E-state index is 6.07. The first-order valence-corrected chi connectivity index (χ1v) is 9.31. The van der Waals surface area contributed by atoms with Gasteiger partial charge in [-0.2, -0.15) is 0 Å². The van der Waals surface area contributed by atoms with Crippen molar-refractivity contribution in [1.82, 2.24) is 0 Å². The second kappa shape index (κ2) is 9.00. The fourth-order valence-corrected chi connectivity index (χ4v) is 3.95. The molecule has 1 aromatic carbocycles. The highest BCUT2D eigenvalue weighted by Crippen LogP contribution is 2.35. The summed E-state index contributed by atoms with van der Waals surface area (Å²) in [6.07, 6.45) is 6.77. The average Bonchev–Trinajstić information content (AvgIpc) is 2.64. The number of benzene rings is 1. The SMILES string of the molecule is COCc1ccc(C2COC(C3CCC(/C=C/Cl)CC3)OC2)cc1. The van der Waals surface area contributed by atoms with Gasteiger partial charge in [0.15, 0.2) is 6.29 Å². The van der Waals surface area contributed by atoms with Gasteiger partial charge in [0.1, 0.15) is 0 Å². The van der Waals surface area contributed by atoms with Gasteiger partial charge in [0.25, 0.3) is 0 Å². The van der Waals surface area contributed by atoms with Gasteiger partial charge in [0, 0.05) is 24.5 Å². The molecule has 1 aromatic rings. The van der Waals surface area contributed by atoms with E-state index in [0.29, 0.717) is 24.4 Å². The van der Waals surface area contributed by atoms with E-state index < -0.39 is 0 Å². The summed E-state index contributed by atoms with van der Waals surface area (Å²) in [5, 5.41) is 0. The van der Waals surface area contributed by atoms with E-state index in [1.165, 1.54) is 24.0 Å².